The Bertz CT molecular complexity index is 1150. The highest BCUT2D eigenvalue weighted by atomic mass is 127. The largest absolute Gasteiger partial charge is 0.490 e. The van der Waals surface area contributed by atoms with Crippen LogP contribution < -0.4 is 20.3 Å². The topological polar surface area (TPSA) is 108 Å². The molecule has 1 fully saturated rings. The number of ether oxygens (including phenoxy) is 1. The molecule has 11 heteroatoms. The summed E-state index contributed by atoms with van der Waals surface area (Å²) in [5.74, 6) is 3.32. The zero-order chi connectivity index (χ0) is 24.8. The van der Waals surface area contributed by atoms with Crippen LogP contribution >= 0.6 is 34.4 Å². The fraction of sp³-hybridized carbons (Fsp3) is 0.417. The van der Waals surface area contributed by atoms with Gasteiger partial charge < -0.3 is 20.3 Å². The van der Waals surface area contributed by atoms with Crippen molar-refractivity contribution < 1.29 is 9.53 Å². The van der Waals surface area contributed by atoms with Crippen molar-refractivity contribution in [3.8, 4) is 5.75 Å². The van der Waals surface area contributed by atoms with Crippen LogP contribution in [0.5, 0.6) is 5.75 Å². The maximum Gasteiger partial charge on any atom is 0.221 e. The molecule has 4 rings (SSSR count). The molecule has 3 aromatic rings. The number of benzene rings is 1. The molecule has 0 aliphatic carbocycles. The number of aryl methyl sites for hydroxylation is 1. The van der Waals surface area contributed by atoms with Crippen LogP contribution in [-0.4, -0.2) is 50.7 Å². The van der Waals surface area contributed by atoms with E-state index in [1.165, 1.54) is 29.5 Å². The molecule has 0 spiro atoms. The number of aromatic amines is 1. The van der Waals surface area contributed by atoms with E-state index in [2.05, 4.69) is 48.3 Å². The lowest BCUT2D eigenvalue weighted by molar-refractivity contribution is -0.114. The number of halogens is 1. The van der Waals surface area contributed by atoms with Crippen molar-refractivity contribution in [1.29, 1.82) is 0 Å². The average Bonchev–Trinajstić information content (AvgIpc) is 3.25. The van der Waals surface area contributed by atoms with E-state index in [1.54, 1.807) is 7.11 Å². The van der Waals surface area contributed by atoms with Gasteiger partial charge in [0.05, 0.1) is 7.11 Å². The zero-order valence-electron chi connectivity index (χ0n) is 20.1. The first-order valence-corrected chi connectivity index (χ1v) is 13.9. The molecule has 1 saturated heterocycles. The van der Waals surface area contributed by atoms with Gasteiger partial charge in [-0.2, -0.15) is 5.10 Å². The van der Waals surface area contributed by atoms with Gasteiger partial charge in [-0.05, 0) is 72.6 Å². The molecule has 0 bridgehead atoms. The van der Waals surface area contributed by atoms with Gasteiger partial charge in [-0.25, -0.2) is 9.97 Å². The number of aromatic nitrogens is 4. The number of methoxy groups -OCH3 is 1. The van der Waals surface area contributed by atoms with Crippen molar-refractivity contribution in [2.24, 2.45) is 5.92 Å². The first-order chi connectivity index (χ1) is 16.9. The number of hydrogen-bond donors (Lipinski definition) is 3. The molecule has 1 aliphatic heterocycles. The Hall–Kier alpha value is -2.54. The number of piperidine rings is 1. The van der Waals surface area contributed by atoms with Crippen molar-refractivity contribution in [1.82, 2.24) is 20.2 Å². The molecule has 186 valence electrons. The van der Waals surface area contributed by atoms with E-state index in [0.717, 1.165) is 53.9 Å². The Morgan fingerprint density at radius 2 is 2.00 bits per heavy atom. The molecule has 0 atom stereocenters. The summed E-state index contributed by atoms with van der Waals surface area (Å²) in [7, 11) is 1.65. The van der Waals surface area contributed by atoms with E-state index < -0.39 is 0 Å². The summed E-state index contributed by atoms with van der Waals surface area (Å²) in [5, 5.41) is 14.0. The summed E-state index contributed by atoms with van der Waals surface area (Å²) in [6.07, 6.45) is 3.55. The molecule has 1 aliphatic rings. The van der Waals surface area contributed by atoms with Crippen LogP contribution in [-0.2, 0) is 4.79 Å². The van der Waals surface area contributed by atoms with Gasteiger partial charge >= 0.3 is 0 Å². The predicted molar refractivity (Wildman–Crippen MR) is 149 cm³/mol. The number of amides is 1. The van der Waals surface area contributed by atoms with Crippen LogP contribution in [0.2, 0.25) is 0 Å². The second-order valence-electron chi connectivity index (χ2n) is 8.49. The third kappa shape index (κ3) is 6.78. The number of alkyl halides is 1. The van der Waals surface area contributed by atoms with Crippen molar-refractivity contribution in [2.75, 3.05) is 40.2 Å². The lowest BCUT2D eigenvalue weighted by Crippen LogP contribution is -2.35. The summed E-state index contributed by atoms with van der Waals surface area (Å²) in [6, 6.07) is 9.56. The summed E-state index contributed by atoms with van der Waals surface area (Å²) in [4.78, 5) is 24.3. The monoisotopic (exact) mass is 607 g/mol. The summed E-state index contributed by atoms with van der Waals surface area (Å²) in [6.45, 7) is 5.32. The van der Waals surface area contributed by atoms with Crippen molar-refractivity contribution >= 4 is 63.4 Å². The van der Waals surface area contributed by atoms with E-state index in [9.17, 15) is 4.79 Å². The van der Waals surface area contributed by atoms with Crippen molar-refractivity contribution in [3.05, 3.63) is 36.0 Å². The third-order valence-corrected chi connectivity index (χ3v) is 7.29. The molecule has 3 heterocycles. The normalized spacial score (nSPS) is 14.1. The van der Waals surface area contributed by atoms with E-state index in [0.29, 0.717) is 22.5 Å². The summed E-state index contributed by atoms with van der Waals surface area (Å²) >= 11 is 3.93. The van der Waals surface area contributed by atoms with Gasteiger partial charge in [0.2, 0.25) is 11.7 Å². The van der Waals surface area contributed by atoms with E-state index in [4.69, 9.17) is 14.7 Å². The molecule has 35 heavy (non-hydrogen) atoms. The lowest BCUT2D eigenvalue weighted by Gasteiger charge is -2.33. The quantitative estimate of drug-likeness (QED) is 0.168. The van der Waals surface area contributed by atoms with Gasteiger partial charge in [-0.15, -0.1) is 0 Å². The number of nitrogens with one attached hydrogen (secondary N) is 3. The van der Waals surface area contributed by atoms with Gasteiger partial charge in [0.1, 0.15) is 0 Å². The predicted octanol–water partition coefficient (Wildman–Crippen LogP) is 5.41. The number of carbonyl (C=O) groups excluding carboxylic acids is 1. The van der Waals surface area contributed by atoms with E-state index >= 15 is 0 Å². The first kappa shape index (κ1) is 25.5. The Kier molecular flexibility index (Phi) is 8.71. The number of H-pyrrole nitrogens is 1. The second kappa shape index (κ2) is 11.9. The fourth-order valence-electron chi connectivity index (χ4n) is 4.06. The average molecular weight is 608 g/mol. The second-order valence-corrected chi connectivity index (χ2v) is 10.6. The van der Waals surface area contributed by atoms with Crippen LogP contribution in [0, 0.1) is 12.8 Å². The van der Waals surface area contributed by atoms with Gasteiger partial charge in [0.15, 0.2) is 22.6 Å². The van der Waals surface area contributed by atoms with Gasteiger partial charge in [-0.1, -0.05) is 22.6 Å². The molecular formula is C24H30IN7O2S. The first-order valence-electron chi connectivity index (χ1n) is 11.6. The summed E-state index contributed by atoms with van der Waals surface area (Å²) < 4.78 is 7.02. The van der Waals surface area contributed by atoms with E-state index in [-0.39, 0.29) is 5.91 Å². The Balaban J connectivity index is 1.64. The van der Waals surface area contributed by atoms with Crippen molar-refractivity contribution in [2.45, 2.75) is 43.2 Å². The van der Waals surface area contributed by atoms with Crippen LogP contribution in [0.3, 0.4) is 0 Å². The van der Waals surface area contributed by atoms with Crippen LogP contribution in [0.25, 0.3) is 0 Å². The van der Waals surface area contributed by atoms with E-state index in [1.807, 2.05) is 37.3 Å². The molecule has 1 aromatic carbocycles. The minimum Gasteiger partial charge on any atom is -0.490 e. The molecular weight excluding hydrogens is 577 g/mol. The van der Waals surface area contributed by atoms with Crippen molar-refractivity contribution in [3.63, 3.8) is 0 Å². The van der Waals surface area contributed by atoms with Gasteiger partial charge in [0.25, 0.3) is 0 Å². The zero-order valence-corrected chi connectivity index (χ0v) is 23.1. The molecule has 0 unspecified atom stereocenters. The Morgan fingerprint density at radius 3 is 2.60 bits per heavy atom. The highest BCUT2D eigenvalue weighted by molar-refractivity contribution is 14.1. The molecule has 9 nitrogen and oxygen atoms in total. The Morgan fingerprint density at radius 1 is 1.26 bits per heavy atom. The van der Waals surface area contributed by atoms with Crippen LogP contribution in [0.15, 0.2) is 40.4 Å². The van der Waals surface area contributed by atoms with Crippen LogP contribution in [0.4, 0.5) is 23.1 Å². The van der Waals surface area contributed by atoms with Gasteiger partial charge in [-0.3, -0.25) is 9.89 Å². The fourth-order valence-corrected chi connectivity index (χ4v) is 5.69. The number of anilines is 4. The standard InChI is InChI=1S/C24H30IN7O2S/c1-15-14-20(31-30-15)27-22-21(34-3)23(32-12-9-17(8-11-25)10-13-32)29-24(28-22)35-19-6-4-18(5-7-19)26-16(2)33/h4-7,14,17H,8-13H2,1-3H3,(H,26,33)(H2,27,28,29,30,31). The summed E-state index contributed by atoms with van der Waals surface area (Å²) in [5.41, 5.74) is 1.70. The number of carbonyl (C=O) groups is 1. The number of hydrogen-bond acceptors (Lipinski definition) is 8. The molecule has 0 radical (unpaired) electrons. The molecule has 1 amide bonds. The smallest absolute Gasteiger partial charge is 0.221 e. The lowest BCUT2D eigenvalue weighted by atomic mass is 9.94. The van der Waals surface area contributed by atoms with Gasteiger partial charge in [0, 0.05) is 42.4 Å². The minimum absolute atomic E-state index is 0.0971. The maximum absolute atomic E-state index is 11.3. The third-order valence-electron chi connectivity index (χ3n) is 5.80. The number of rotatable bonds is 9. The highest BCUT2D eigenvalue weighted by Crippen LogP contribution is 2.39. The molecule has 3 N–H and O–H groups in total. The van der Waals surface area contributed by atoms with Crippen LogP contribution in [0.1, 0.15) is 31.9 Å². The highest BCUT2D eigenvalue weighted by Gasteiger charge is 2.26. The minimum atomic E-state index is -0.0971. The number of nitrogens with zero attached hydrogens (tertiary/aromatic N) is 4. The molecule has 2 aromatic heterocycles. The molecule has 0 saturated carbocycles. The SMILES string of the molecule is COc1c(Nc2cc(C)[nH]n2)nc(Sc2ccc(NC(C)=O)cc2)nc1N1CCC(CCI)CC1. The Labute approximate surface area is 223 Å². The maximum atomic E-state index is 11.3.